The monoisotopic (exact) mass is 374 g/mol. The van der Waals surface area contributed by atoms with Crippen molar-refractivity contribution < 1.29 is 14.3 Å². The highest BCUT2D eigenvalue weighted by molar-refractivity contribution is 7.98. The molecule has 3 aromatic rings. The Morgan fingerprint density at radius 1 is 1.35 bits per heavy atom. The zero-order valence-electron chi connectivity index (χ0n) is 15.1. The molecule has 0 aromatic carbocycles. The van der Waals surface area contributed by atoms with E-state index >= 15 is 0 Å². The molecule has 0 atom stereocenters. The van der Waals surface area contributed by atoms with Crippen molar-refractivity contribution in [3.05, 3.63) is 42.1 Å². The molecule has 0 aliphatic rings. The third-order valence-corrected chi connectivity index (χ3v) is 4.43. The molecule has 0 saturated carbocycles. The molecule has 26 heavy (non-hydrogen) atoms. The molecule has 3 heterocycles. The number of fused-ring (bicyclic) bond motifs is 1. The highest BCUT2D eigenvalue weighted by Crippen LogP contribution is 2.21. The number of rotatable bonds is 8. The van der Waals surface area contributed by atoms with Gasteiger partial charge in [-0.1, -0.05) is 0 Å². The standard InChI is InChI=1S/C18H22N4O3S/c1-4-25-18(23)16-9-14-15(22(16)12-24-7-8-26-3)5-6-17(20-14)21-10-13(2)19-11-21/h5-6,9-11H,4,7-8,12H2,1-3H3. The van der Waals surface area contributed by atoms with Crippen molar-refractivity contribution in [3.63, 3.8) is 0 Å². The summed E-state index contributed by atoms with van der Waals surface area (Å²) in [7, 11) is 0. The van der Waals surface area contributed by atoms with Crippen LogP contribution >= 0.6 is 11.8 Å². The summed E-state index contributed by atoms with van der Waals surface area (Å²) in [6, 6.07) is 5.59. The van der Waals surface area contributed by atoms with Crippen molar-refractivity contribution in [1.82, 2.24) is 19.1 Å². The second kappa shape index (κ2) is 8.37. The van der Waals surface area contributed by atoms with E-state index in [4.69, 9.17) is 9.47 Å². The van der Waals surface area contributed by atoms with Crippen LogP contribution in [0.4, 0.5) is 0 Å². The number of carbonyl (C=O) groups excluding carboxylic acids is 1. The Bertz CT molecular complexity index is 903. The molecule has 0 radical (unpaired) electrons. The number of pyridine rings is 1. The molecule has 3 aromatic heterocycles. The van der Waals surface area contributed by atoms with Gasteiger partial charge in [-0.2, -0.15) is 11.8 Å². The van der Waals surface area contributed by atoms with Crippen molar-refractivity contribution in [2.24, 2.45) is 0 Å². The van der Waals surface area contributed by atoms with E-state index in [0.29, 0.717) is 24.4 Å². The predicted molar refractivity (Wildman–Crippen MR) is 102 cm³/mol. The third-order valence-electron chi connectivity index (χ3n) is 3.86. The van der Waals surface area contributed by atoms with Gasteiger partial charge in [0.05, 0.1) is 29.9 Å². The fraction of sp³-hybridized carbons (Fsp3) is 0.389. The highest BCUT2D eigenvalue weighted by atomic mass is 32.2. The first-order chi connectivity index (χ1) is 12.6. The number of esters is 1. The molecule has 0 fully saturated rings. The number of imidazole rings is 1. The lowest BCUT2D eigenvalue weighted by molar-refractivity contribution is 0.0480. The minimum Gasteiger partial charge on any atom is -0.461 e. The fourth-order valence-electron chi connectivity index (χ4n) is 2.63. The first-order valence-corrected chi connectivity index (χ1v) is 9.78. The molecule has 0 N–H and O–H groups in total. The number of aromatic nitrogens is 4. The smallest absolute Gasteiger partial charge is 0.355 e. The van der Waals surface area contributed by atoms with Crippen molar-refractivity contribution in [2.75, 3.05) is 25.2 Å². The lowest BCUT2D eigenvalue weighted by Gasteiger charge is -2.10. The Kier molecular flexibility index (Phi) is 5.95. The summed E-state index contributed by atoms with van der Waals surface area (Å²) in [5, 5.41) is 0. The van der Waals surface area contributed by atoms with Crippen LogP contribution in [-0.2, 0) is 16.2 Å². The van der Waals surface area contributed by atoms with Crippen LogP contribution in [0.1, 0.15) is 23.1 Å². The second-order valence-corrected chi connectivity index (χ2v) is 6.69. The predicted octanol–water partition coefficient (Wildman–Crippen LogP) is 3.04. The molecular formula is C18H22N4O3S. The number of hydrogen-bond acceptors (Lipinski definition) is 6. The van der Waals surface area contributed by atoms with Gasteiger partial charge in [0.15, 0.2) is 0 Å². The van der Waals surface area contributed by atoms with E-state index in [0.717, 1.165) is 22.8 Å². The van der Waals surface area contributed by atoms with Crippen molar-refractivity contribution >= 4 is 28.8 Å². The summed E-state index contributed by atoms with van der Waals surface area (Å²) >= 11 is 1.72. The maximum atomic E-state index is 12.3. The molecule has 0 aliphatic carbocycles. The summed E-state index contributed by atoms with van der Waals surface area (Å²) < 4.78 is 14.5. The summed E-state index contributed by atoms with van der Waals surface area (Å²) in [6.45, 7) is 4.93. The Hall–Kier alpha value is -2.32. The van der Waals surface area contributed by atoms with E-state index in [2.05, 4.69) is 9.97 Å². The minimum absolute atomic E-state index is 0.281. The van der Waals surface area contributed by atoms with Gasteiger partial charge in [-0.05, 0) is 38.3 Å². The fourth-order valence-corrected chi connectivity index (χ4v) is 2.91. The Morgan fingerprint density at radius 3 is 2.88 bits per heavy atom. The van der Waals surface area contributed by atoms with Gasteiger partial charge < -0.3 is 14.0 Å². The summed E-state index contributed by atoms with van der Waals surface area (Å²) in [5.74, 6) is 1.27. The largest absolute Gasteiger partial charge is 0.461 e. The number of hydrogen-bond donors (Lipinski definition) is 0. The zero-order valence-corrected chi connectivity index (χ0v) is 16.0. The van der Waals surface area contributed by atoms with E-state index in [1.807, 2.05) is 40.6 Å². The van der Waals surface area contributed by atoms with Crippen LogP contribution in [0.15, 0.2) is 30.7 Å². The van der Waals surface area contributed by atoms with Crippen LogP contribution in [0, 0.1) is 6.92 Å². The third kappa shape index (κ3) is 3.91. The van der Waals surface area contributed by atoms with Crippen LogP contribution in [0.2, 0.25) is 0 Å². The van der Waals surface area contributed by atoms with Crippen molar-refractivity contribution in [3.8, 4) is 5.82 Å². The van der Waals surface area contributed by atoms with Gasteiger partial charge in [0.25, 0.3) is 0 Å². The molecular weight excluding hydrogens is 352 g/mol. The average Bonchev–Trinajstić information content (AvgIpc) is 3.22. The van der Waals surface area contributed by atoms with Crippen LogP contribution in [0.3, 0.4) is 0 Å². The summed E-state index contributed by atoms with van der Waals surface area (Å²) in [4.78, 5) is 21.2. The van der Waals surface area contributed by atoms with Crippen LogP contribution in [0.5, 0.6) is 0 Å². The van der Waals surface area contributed by atoms with Crippen LogP contribution in [0.25, 0.3) is 16.9 Å². The molecule has 7 nitrogen and oxygen atoms in total. The summed E-state index contributed by atoms with van der Waals surface area (Å²) in [6.07, 6.45) is 5.66. The molecule has 0 amide bonds. The zero-order chi connectivity index (χ0) is 18.5. The van der Waals surface area contributed by atoms with Gasteiger partial charge in [0.1, 0.15) is 24.6 Å². The van der Waals surface area contributed by atoms with Gasteiger partial charge in [0, 0.05) is 11.9 Å². The number of ether oxygens (including phenoxy) is 2. The van der Waals surface area contributed by atoms with Gasteiger partial charge >= 0.3 is 5.97 Å². The lowest BCUT2D eigenvalue weighted by atomic mass is 10.3. The molecule has 0 saturated heterocycles. The van der Waals surface area contributed by atoms with Crippen molar-refractivity contribution in [2.45, 2.75) is 20.6 Å². The van der Waals surface area contributed by atoms with Gasteiger partial charge in [0.2, 0.25) is 0 Å². The molecule has 8 heteroatoms. The first kappa shape index (κ1) is 18.5. The quantitative estimate of drug-likeness (QED) is 0.446. The van der Waals surface area contributed by atoms with Crippen LogP contribution < -0.4 is 0 Å². The molecule has 0 bridgehead atoms. The van der Waals surface area contributed by atoms with E-state index in [1.165, 1.54) is 0 Å². The van der Waals surface area contributed by atoms with E-state index in [1.54, 1.807) is 31.1 Å². The normalized spacial score (nSPS) is 11.2. The second-order valence-electron chi connectivity index (χ2n) is 5.70. The van der Waals surface area contributed by atoms with E-state index in [9.17, 15) is 4.79 Å². The Labute approximate surface area is 156 Å². The molecule has 138 valence electrons. The molecule has 0 unspecified atom stereocenters. The lowest BCUT2D eigenvalue weighted by Crippen LogP contribution is -2.14. The highest BCUT2D eigenvalue weighted by Gasteiger charge is 2.18. The van der Waals surface area contributed by atoms with Crippen LogP contribution in [-0.4, -0.2) is 50.3 Å². The first-order valence-electron chi connectivity index (χ1n) is 8.39. The number of aryl methyl sites for hydroxylation is 1. The molecule has 0 aliphatic heterocycles. The topological polar surface area (TPSA) is 71.2 Å². The minimum atomic E-state index is -0.376. The number of carbonyl (C=O) groups is 1. The maximum absolute atomic E-state index is 12.3. The van der Waals surface area contributed by atoms with Gasteiger partial charge in [-0.25, -0.2) is 14.8 Å². The summed E-state index contributed by atoms with van der Waals surface area (Å²) in [5.41, 5.74) is 2.90. The molecule has 0 spiro atoms. The van der Waals surface area contributed by atoms with Gasteiger partial charge in [-0.15, -0.1) is 0 Å². The van der Waals surface area contributed by atoms with Crippen molar-refractivity contribution in [1.29, 1.82) is 0 Å². The van der Waals surface area contributed by atoms with Gasteiger partial charge in [-0.3, -0.25) is 4.57 Å². The SMILES string of the molecule is CCOC(=O)c1cc2nc(-n3cnc(C)c3)ccc2n1COCCSC. The average molecular weight is 374 g/mol. The Balaban J connectivity index is 1.97. The number of thioether (sulfide) groups is 1. The number of nitrogens with zero attached hydrogens (tertiary/aromatic N) is 4. The van der Waals surface area contributed by atoms with E-state index in [-0.39, 0.29) is 12.7 Å². The molecule has 3 rings (SSSR count). The van der Waals surface area contributed by atoms with E-state index < -0.39 is 0 Å². The Morgan fingerprint density at radius 2 is 2.19 bits per heavy atom. The maximum Gasteiger partial charge on any atom is 0.355 e.